The predicted octanol–water partition coefficient (Wildman–Crippen LogP) is 1.90. The van der Waals surface area contributed by atoms with Crippen molar-refractivity contribution >= 4 is 17.6 Å². The summed E-state index contributed by atoms with van der Waals surface area (Å²) in [5, 5.41) is 6.33. The summed E-state index contributed by atoms with van der Waals surface area (Å²) >= 11 is 0. The minimum Gasteiger partial charge on any atom is -0.466 e. The molecule has 7 nitrogen and oxygen atoms in total. The van der Waals surface area contributed by atoms with Crippen LogP contribution in [-0.4, -0.2) is 68.8 Å². The van der Waals surface area contributed by atoms with Crippen LogP contribution in [0.15, 0.2) is 66.3 Å². The number of likely N-dealkylation sites (N-methyl/N-ethyl adjacent to an activating group) is 1. The van der Waals surface area contributed by atoms with Gasteiger partial charge in [-0.05, 0) is 38.7 Å². The molecule has 2 heterocycles. The molecule has 3 unspecified atom stereocenters. The number of nitrogens with zero attached hydrogens (tertiary/aromatic N) is 1. The molecule has 2 aliphatic rings. The molecule has 1 aromatic carbocycles. The topological polar surface area (TPSA) is 79.9 Å². The normalized spacial score (nSPS) is 22.9. The van der Waals surface area contributed by atoms with Crippen LogP contribution in [0.4, 0.5) is 5.69 Å². The Morgan fingerprint density at radius 3 is 2.70 bits per heavy atom. The first-order valence-electron chi connectivity index (χ1n) is 9.98. The largest absolute Gasteiger partial charge is 0.466 e. The number of para-hydroxylation sites is 1. The van der Waals surface area contributed by atoms with Gasteiger partial charge in [-0.15, -0.1) is 6.58 Å². The van der Waals surface area contributed by atoms with Crippen molar-refractivity contribution in [3.8, 4) is 0 Å². The molecule has 0 aromatic heterocycles. The number of amides is 1. The van der Waals surface area contributed by atoms with Crippen LogP contribution in [0.2, 0.25) is 0 Å². The van der Waals surface area contributed by atoms with Gasteiger partial charge >= 0.3 is 5.97 Å². The molecular formula is C23H29N3O4. The van der Waals surface area contributed by atoms with Gasteiger partial charge in [0.2, 0.25) is 0 Å². The van der Waals surface area contributed by atoms with Crippen molar-refractivity contribution in [3.63, 3.8) is 0 Å². The second-order valence-corrected chi connectivity index (χ2v) is 7.62. The molecule has 7 heteroatoms. The van der Waals surface area contributed by atoms with Gasteiger partial charge in [0.1, 0.15) is 11.7 Å². The zero-order valence-corrected chi connectivity index (χ0v) is 17.7. The van der Waals surface area contributed by atoms with Gasteiger partial charge in [-0.2, -0.15) is 0 Å². The van der Waals surface area contributed by atoms with Crippen LogP contribution in [0.5, 0.6) is 0 Å². The lowest BCUT2D eigenvalue weighted by molar-refractivity contribution is -0.138. The van der Waals surface area contributed by atoms with E-state index >= 15 is 0 Å². The summed E-state index contributed by atoms with van der Waals surface area (Å²) in [5.41, 5.74) is 0.324. The Bertz CT molecular complexity index is 862. The Morgan fingerprint density at radius 2 is 2.07 bits per heavy atom. The summed E-state index contributed by atoms with van der Waals surface area (Å²) in [4.78, 5) is 27.8. The molecule has 3 atom stereocenters. The van der Waals surface area contributed by atoms with Crippen LogP contribution >= 0.6 is 0 Å². The summed E-state index contributed by atoms with van der Waals surface area (Å²) in [6.07, 6.45) is 5.37. The molecule has 1 aromatic rings. The van der Waals surface area contributed by atoms with Crippen molar-refractivity contribution in [2.75, 3.05) is 39.6 Å². The number of rotatable bonds is 10. The Balaban J connectivity index is 1.97. The van der Waals surface area contributed by atoms with Crippen molar-refractivity contribution < 1.29 is 19.1 Å². The Morgan fingerprint density at radius 1 is 1.33 bits per heavy atom. The lowest BCUT2D eigenvalue weighted by Gasteiger charge is -2.35. The zero-order chi connectivity index (χ0) is 21.7. The summed E-state index contributed by atoms with van der Waals surface area (Å²) in [6, 6.07) is 9.31. The number of methoxy groups -OCH3 is 1. The van der Waals surface area contributed by atoms with Crippen molar-refractivity contribution in [1.29, 1.82) is 0 Å². The van der Waals surface area contributed by atoms with Crippen LogP contribution < -0.4 is 10.6 Å². The summed E-state index contributed by atoms with van der Waals surface area (Å²) < 4.78 is 11.3. The number of carbonyl (C=O) groups excluding carboxylic acids is 2. The molecule has 0 radical (unpaired) electrons. The number of fused-ring (bicyclic) bond motifs is 2. The molecule has 0 saturated heterocycles. The molecule has 3 rings (SSSR count). The van der Waals surface area contributed by atoms with E-state index in [1.165, 1.54) is 7.11 Å². The van der Waals surface area contributed by atoms with E-state index in [1.54, 1.807) is 6.08 Å². The highest BCUT2D eigenvalue weighted by Gasteiger charge is 2.57. The fourth-order valence-electron chi connectivity index (χ4n) is 3.89. The number of esters is 1. The smallest absolute Gasteiger partial charge is 0.337 e. The minimum absolute atomic E-state index is 0.245. The number of hydrogen-bond acceptors (Lipinski definition) is 6. The molecule has 2 N–H and O–H groups in total. The fraction of sp³-hybridized carbons (Fsp3) is 0.391. The standard InChI is InChI=1S/C23H29N3O4/c1-5-9-18(25-16-10-7-6-8-11-16)23-13-12-17(30-23)19(20(23)22(28)29-4)21(27)24-14-15-26(2)3/h5-8,10-13,17-18,25H,1,9,14-15H2,2-4H3,(H,24,27). The molecule has 2 bridgehead atoms. The van der Waals surface area contributed by atoms with Crippen LogP contribution in [0.1, 0.15) is 6.42 Å². The number of carbonyl (C=O) groups is 2. The third kappa shape index (κ3) is 4.17. The average Bonchev–Trinajstić information content (AvgIpc) is 3.31. The van der Waals surface area contributed by atoms with Gasteiger partial charge in [0.15, 0.2) is 0 Å². The van der Waals surface area contributed by atoms with Gasteiger partial charge in [-0.1, -0.05) is 30.4 Å². The number of benzene rings is 1. The van der Waals surface area contributed by atoms with E-state index in [4.69, 9.17) is 9.47 Å². The van der Waals surface area contributed by atoms with E-state index < -0.39 is 17.7 Å². The molecule has 0 fully saturated rings. The lowest BCUT2D eigenvalue weighted by atomic mass is 9.79. The van der Waals surface area contributed by atoms with Crippen LogP contribution in [0, 0.1) is 0 Å². The molecule has 160 valence electrons. The Kier molecular flexibility index (Phi) is 6.74. The molecule has 1 amide bonds. The van der Waals surface area contributed by atoms with E-state index in [2.05, 4.69) is 17.2 Å². The summed E-state index contributed by atoms with van der Waals surface area (Å²) in [6.45, 7) is 5.01. The first kappa shape index (κ1) is 21.8. The van der Waals surface area contributed by atoms with E-state index in [0.29, 0.717) is 25.1 Å². The maximum absolute atomic E-state index is 13.0. The zero-order valence-electron chi connectivity index (χ0n) is 17.7. The summed E-state index contributed by atoms with van der Waals surface area (Å²) in [7, 11) is 5.17. The monoisotopic (exact) mass is 411 g/mol. The first-order chi connectivity index (χ1) is 14.4. The Labute approximate surface area is 177 Å². The van der Waals surface area contributed by atoms with Gasteiger partial charge in [0.25, 0.3) is 5.91 Å². The third-order valence-electron chi connectivity index (χ3n) is 5.30. The number of nitrogens with one attached hydrogen (secondary N) is 2. The average molecular weight is 412 g/mol. The van der Waals surface area contributed by atoms with Crippen LogP contribution in [0.25, 0.3) is 0 Å². The highest BCUT2D eigenvalue weighted by molar-refractivity contribution is 6.07. The third-order valence-corrected chi connectivity index (χ3v) is 5.30. The Hall–Kier alpha value is -2.90. The molecular weight excluding hydrogens is 382 g/mol. The fourth-order valence-corrected chi connectivity index (χ4v) is 3.89. The maximum atomic E-state index is 13.0. The van der Waals surface area contributed by atoms with E-state index in [1.807, 2.05) is 61.5 Å². The van der Waals surface area contributed by atoms with Crippen molar-refractivity contribution in [3.05, 3.63) is 66.3 Å². The van der Waals surface area contributed by atoms with Gasteiger partial charge in [-0.25, -0.2) is 4.79 Å². The number of ether oxygens (including phenoxy) is 2. The van der Waals surface area contributed by atoms with E-state index in [0.717, 1.165) is 5.69 Å². The number of anilines is 1. The van der Waals surface area contributed by atoms with Crippen molar-refractivity contribution in [1.82, 2.24) is 10.2 Å². The van der Waals surface area contributed by atoms with Crippen LogP contribution in [0.3, 0.4) is 0 Å². The second-order valence-electron chi connectivity index (χ2n) is 7.62. The molecule has 0 saturated carbocycles. The predicted molar refractivity (Wildman–Crippen MR) is 116 cm³/mol. The van der Waals surface area contributed by atoms with Gasteiger partial charge in [0, 0.05) is 18.8 Å². The van der Waals surface area contributed by atoms with Crippen molar-refractivity contribution in [2.24, 2.45) is 0 Å². The molecule has 0 spiro atoms. The van der Waals surface area contributed by atoms with Crippen LogP contribution in [-0.2, 0) is 19.1 Å². The second kappa shape index (κ2) is 9.28. The van der Waals surface area contributed by atoms with E-state index in [-0.39, 0.29) is 17.5 Å². The highest BCUT2D eigenvalue weighted by atomic mass is 16.5. The number of hydrogen-bond donors (Lipinski definition) is 2. The highest BCUT2D eigenvalue weighted by Crippen LogP contribution is 2.47. The first-order valence-corrected chi connectivity index (χ1v) is 9.98. The SMILES string of the molecule is C=CCC(Nc1ccccc1)C12C=CC(O1)C(C(=O)NCCN(C)C)=C2C(=O)OC. The lowest BCUT2D eigenvalue weighted by Crippen LogP contribution is -2.48. The maximum Gasteiger partial charge on any atom is 0.337 e. The molecule has 2 aliphatic heterocycles. The van der Waals surface area contributed by atoms with Gasteiger partial charge in [-0.3, -0.25) is 4.79 Å². The minimum atomic E-state index is -1.12. The van der Waals surface area contributed by atoms with Gasteiger partial charge in [0.05, 0.1) is 24.3 Å². The van der Waals surface area contributed by atoms with Gasteiger partial charge < -0.3 is 25.0 Å². The molecule has 0 aliphatic carbocycles. The van der Waals surface area contributed by atoms with E-state index in [9.17, 15) is 9.59 Å². The van der Waals surface area contributed by atoms with Crippen molar-refractivity contribution in [2.45, 2.75) is 24.2 Å². The summed E-state index contributed by atoms with van der Waals surface area (Å²) in [5.74, 6) is -0.880. The quantitative estimate of drug-likeness (QED) is 0.452. The molecule has 30 heavy (non-hydrogen) atoms.